The average molecular weight is 383 g/mol. The average Bonchev–Trinajstić information content (AvgIpc) is 2.90. The van der Waals surface area contributed by atoms with E-state index in [-0.39, 0.29) is 17.0 Å². The standard InChI is InChI=1S/C16H19FN4O2S2/c1-19-14(11-3-5-12(17)6-4-11)18-21(16(19)24)10-20-7-8-25-13(9-20)15(22)23-2/h3-6,13H,7-10H2,1-2H3/p+1/t13-/m0/s1. The summed E-state index contributed by atoms with van der Waals surface area (Å²) in [6.07, 6.45) is 0. The second kappa shape index (κ2) is 7.67. The van der Waals surface area contributed by atoms with Crippen LogP contribution >= 0.6 is 24.0 Å². The van der Waals surface area contributed by atoms with Crippen molar-refractivity contribution in [2.45, 2.75) is 11.9 Å². The highest BCUT2D eigenvalue weighted by Crippen LogP contribution is 2.17. The predicted octanol–water partition coefficient (Wildman–Crippen LogP) is 0.888. The van der Waals surface area contributed by atoms with Crippen LogP contribution in [0.5, 0.6) is 0 Å². The molecule has 2 atom stereocenters. The van der Waals surface area contributed by atoms with E-state index < -0.39 is 0 Å². The van der Waals surface area contributed by atoms with Crippen molar-refractivity contribution in [2.24, 2.45) is 7.05 Å². The van der Waals surface area contributed by atoms with Gasteiger partial charge in [0.25, 0.3) is 0 Å². The molecule has 1 saturated heterocycles. The van der Waals surface area contributed by atoms with Crippen molar-refractivity contribution < 1.29 is 18.8 Å². The van der Waals surface area contributed by atoms with Crippen molar-refractivity contribution in [2.75, 3.05) is 26.0 Å². The van der Waals surface area contributed by atoms with E-state index in [1.807, 2.05) is 11.6 Å². The summed E-state index contributed by atoms with van der Waals surface area (Å²) < 4.78 is 22.2. The molecule has 1 aromatic carbocycles. The van der Waals surface area contributed by atoms with E-state index >= 15 is 0 Å². The van der Waals surface area contributed by atoms with E-state index in [1.54, 1.807) is 28.6 Å². The number of hydrogen-bond acceptors (Lipinski definition) is 5. The second-order valence-electron chi connectivity index (χ2n) is 5.92. The molecule has 0 aliphatic carbocycles. The SMILES string of the molecule is COC(=O)[C@@H]1C[NH+](Cn2nc(-c3ccc(F)cc3)n(C)c2=S)CCS1. The molecular weight excluding hydrogens is 363 g/mol. The molecule has 1 unspecified atom stereocenters. The predicted molar refractivity (Wildman–Crippen MR) is 96.4 cm³/mol. The summed E-state index contributed by atoms with van der Waals surface area (Å²) in [5.74, 6) is 1.12. The molecule has 0 radical (unpaired) electrons. The Labute approximate surface area is 154 Å². The minimum atomic E-state index is -0.284. The van der Waals surface area contributed by atoms with Crippen LogP contribution in [0.4, 0.5) is 4.39 Å². The lowest BCUT2D eigenvalue weighted by atomic mass is 10.2. The summed E-state index contributed by atoms with van der Waals surface area (Å²) in [6.45, 7) is 2.20. The zero-order valence-corrected chi connectivity index (χ0v) is 15.7. The van der Waals surface area contributed by atoms with Crippen molar-refractivity contribution >= 4 is 29.9 Å². The maximum atomic E-state index is 13.1. The molecule has 1 aromatic heterocycles. The topological polar surface area (TPSA) is 53.5 Å². The van der Waals surface area contributed by atoms with Crippen molar-refractivity contribution in [1.82, 2.24) is 14.3 Å². The van der Waals surface area contributed by atoms with Gasteiger partial charge in [0, 0.05) is 18.4 Å². The van der Waals surface area contributed by atoms with Crippen LogP contribution in [0.15, 0.2) is 24.3 Å². The number of thioether (sulfide) groups is 1. The second-order valence-corrected chi connectivity index (χ2v) is 7.59. The van der Waals surface area contributed by atoms with Gasteiger partial charge in [0.1, 0.15) is 12.4 Å². The van der Waals surface area contributed by atoms with Crippen LogP contribution in [0, 0.1) is 10.6 Å². The number of methoxy groups -OCH3 is 1. The maximum Gasteiger partial charge on any atom is 0.324 e. The summed E-state index contributed by atoms with van der Waals surface area (Å²) in [4.78, 5) is 13.0. The quantitative estimate of drug-likeness (QED) is 0.628. The lowest BCUT2D eigenvalue weighted by Crippen LogP contribution is -3.14. The number of benzene rings is 1. The lowest BCUT2D eigenvalue weighted by molar-refractivity contribution is -0.921. The normalized spacial score (nSPS) is 20.4. The zero-order chi connectivity index (χ0) is 18.0. The summed E-state index contributed by atoms with van der Waals surface area (Å²) in [6, 6.07) is 6.19. The Kier molecular flexibility index (Phi) is 5.55. The van der Waals surface area contributed by atoms with E-state index in [0.717, 1.165) is 17.9 Å². The molecule has 2 aromatic rings. The van der Waals surface area contributed by atoms with E-state index in [9.17, 15) is 9.18 Å². The molecule has 134 valence electrons. The molecule has 1 fully saturated rings. The zero-order valence-electron chi connectivity index (χ0n) is 14.1. The fourth-order valence-electron chi connectivity index (χ4n) is 2.85. The van der Waals surface area contributed by atoms with Gasteiger partial charge >= 0.3 is 5.97 Å². The highest BCUT2D eigenvalue weighted by molar-refractivity contribution is 8.00. The lowest BCUT2D eigenvalue weighted by Gasteiger charge is -2.27. The molecule has 0 spiro atoms. The van der Waals surface area contributed by atoms with Gasteiger partial charge in [-0.2, -0.15) is 4.68 Å². The first-order valence-corrected chi connectivity index (χ1v) is 9.38. The van der Waals surface area contributed by atoms with Crippen LogP contribution in [-0.4, -0.2) is 51.5 Å². The Hall–Kier alpha value is -1.71. The fourth-order valence-corrected chi connectivity index (χ4v) is 4.32. The number of hydrogen-bond donors (Lipinski definition) is 1. The third kappa shape index (κ3) is 3.94. The molecule has 0 saturated carbocycles. The third-order valence-electron chi connectivity index (χ3n) is 4.23. The Morgan fingerprint density at radius 1 is 1.48 bits per heavy atom. The van der Waals surface area contributed by atoms with Gasteiger partial charge < -0.3 is 14.2 Å². The van der Waals surface area contributed by atoms with Gasteiger partial charge in [-0.15, -0.1) is 16.9 Å². The van der Waals surface area contributed by atoms with Crippen molar-refractivity contribution in [1.29, 1.82) is 0 Å². The van der Waals surface area contributed by atoms with Gasteiger partial charge in [0.2, 0.25) is 4.77 Å². The first-order chi connectivity index (χ1) is 12.0. The molecule has 25 heavy (non-hydrogen) atoms. The van der Waals surface area contributed by atoms with Crippen LogP contribution in [0.3, 0.4) is 0 Å². The highest BCUT2D eigenvalue weighted by atomic mass is 32.2. The molecular formula is C16H20FN4O2S2+. The van der Waals surface area contributed by atoms with Gasteiger partial charge in [0.05, 0.1) is 13.7 Å². The molecule has 9 heteroatoms. The van der Waals surface area contributed by atoms with Gasteiger partial charge in [-0.1, -0.05) is 0 Å². The van der Waals surface area contributed by atoms with Crippen molar-refractivity contribution in [3.8, 4) is 11.4 Å². The fraction of sp³-hybridized carbons (Fsp3) is 0.438. The monoisotopic (exact) mass is 383 g/mol. The van der Waals surface area contributed by atoms with Crippen LogP contribution in [-0.2, 0) is 23.2 Å². The van der Waals surface area contributed by atoms with Crippen molar-refractivity contribution in [3.05, 3.63) is 34.9 Å². The molecule has 1 N–H and O–H groups in total. The summed E-state index contributed by atoms with van der Waals surface area (Å²) in [5.41, 5.74) is 0.811. The number of carbonyl (C=O) groups excluding carboxylic acids is 1. The van der Waals surface area contributed by atoms with Crippen LogP contribution in [0.2, 0.25) is 0 Å². The van der Waals surface area contributed by atoms with Crippen LogP contribution in [0.25, 0.3) is 11.4 Å². The van der Waals surface area contributed by atoms with Crippen LogP contribution < -0.4 is 4.90 Å². The van der Waals surface area contributed by atoms with E-state index in [2.05, 4.69) is 5.10 Å². The summed E-state index contributed by atoms with van der Waals surface area (Å²) in [7, 11) is 3.27. The number of nitrogens with one attached hydrogen (secondary N) is 1. The first-order valence-electron chi connectivity index (χ1n) is 7.92. The van der Waals surface area contributed by atoms with Gasteiger partial charge in [-0.05, 0) is 36.5 Å². The van der Waals surface area contributed by atoms with Gasteiger partial charge in [-0.3, -0.25) is 4.79 Å². The molecule has 1 aliphatic rings. The first kappa shape index (κ1) is 18.1. The van der Waals surface area contributed by atoms with Gasteiger partial charge in [-0.25, -0.2) is 4.39 Å². The Morgan fingerprint density at radius 2 is 2.20 bits per heavy atom. The molecule has 2 heterocycles. The summed E-state index contributed by atoms with van der Waals surface area (Å²) >= 11 is 7.12. The smallest absolute Gasteiger partial charge is 0.324 e. The molecule has 0 amide bonds. The maximum absolute atomic E-state index is 13.1. The van der Waals surface area contributed by atoms with E-state index in [4.69, 9.17) is 17.0 Å². The number of esters is 1. The number of ether oxygens (including phenoxy) is 1. The Morgan fingerprint density at radius 3 is 2.88 bits per heavy atom. The van der Waals surface area contributed by atoms with Gasteiger partial charge in [0.15, 0.2) is 17.7 Å². The molecule has 3 rings (SSSR count). The van der Waals surface area contributed by atoms with Crippen LogP contribution in [0.1, 0.15) is 0 Å². The number of carbonyl (C=O) groups is 1. The highest BCUT2D eigenvalue weighted by Gasteiger charge is 2.30. The Bertz CT molecular complexity index is 819. The minimum Gasteiger partial charge on any atom is -0.468 e. The number of halogens is 1. The molecule has 0 bridgehead atoms. The number of rotatable bonds is 4. The largest absolute Gasteiger partial charge is 0.468 e. The Balaban J connectivity index is 1.79. The minimum absolute atomic E-state index is 0.150. The third-order valence-corrected chi connectivity index (χ3v) is 5.92. The number of nitrogens with zero attached hydrogens (tertiary/aromatic N) is 3. The van der Waals surface area contributed by atoms with E-state index in [0.29, 0.717) is 23.8 Å². The number of aromatic nitrogens is 3. The van der Waals surface area contributed by atoms with E-state index in [1.165, 1.54) is 24.1 Å². The van der Waals surface area contributed by atoms with Crippen molar-refractivity contribution in [3.63, 3.8) is 0 Å². The summed E-state index contributed by atoms with van der Waals surface area (Å²) in [5, 5.41) is 4.45. The molecule has 1 aliphatic heterocycles. The number of quaternary nitrogens is 1. The molecule has 6 nitrogen and oxygen atoms in total.